The summed E-state index contributed by atoms with van der Waals surface area (Å²) in [6.45, 7) is 7.01. The molecule has 2 heteroatoms. The van der Waals surface area contributed by atoms with E-state index >= 15 is 0 Å². The first-order valence-corrected chi connectivity index (χ1v) is 7.15. The summed E-state index contributed by atoms with van der Waals surface area (Å²) in [6.07, 6.45) is 6.64. The smallest absolute Gasteiger partial charge is 0.0922 e. The van der Waals surface area contributed by atoms with Crippen LogP contribution in [0.4, 0.5) is 0 Å². The molecule has 0 amide bonds. The molecule has 1 rings (SSSR count). The largest absolute Gasteiger partial charge is 0.367 e. The predicted molar refractivity (Wildman–Crippen MR) is 64.6 cm³/mol. The highest BCUT2D eigenvalue weighted by Crippen LogP contribution is 2.35. The van der Waals surface area contributed by atoms with Gasteiger partial charge in [-0.15, -0.1) is 11.8 Å². The summed E-state index contributed by atoms with van der Waals surface area (Å²) < 4.78 is 5.94. The first kappa shape index (κ1) is 12.4. The zero-order valence-electron chi connectivity index (χ0n) is 9.95. The lowest BCUT2D eigenvalue weighted by Crippen LogP contribution is -2.34. The maximum atomic E-state index is 5.94. The second-order valence-electron chi connectivity index (χ2n) is 4.94. The Morgan fingerprint density at radius 2 is 2.07 bits per heavy atom. The van der Waals surface area contributed by atoms with E-state index in [0.29, 0.717) is 6.10 Å². The molecule has 0 radical (unpaired) electrons. The molecule has 0 heterocycles. The van der Waals surface area contributed by atoms with Crippen molar-refractivity contribution in [2.45, 2.75) is 46.1 Å². The molecule has 0 spiro atoms. The Labute approximate surface area is 93.0 Å². The molecule has 0 aliphatic heterocycles. The molecule has 3 atom stereocenters. The summed E-state index contributed by atoms with van der Waals surface area (Å²) >= 11 is 1.79. The third-order valence-corrected chi connectivity index (χ3v) is 3.73. The summed E-state index contributed by atoms with van der Waals surface area (Å²) in [6, 6.07) is 0. The van der Waals surface area contributed by atoms with Gasteiger partial charge >= 0.3 is 0 Å². The minimum atomic E-state index is 0.520. The highest BCUT2D eigenvalue weighted by atomic mass is 32.2. The highest BCUT2D eigenvalue weighted by Gasteiger charge is 2.30. The van der Waals surface area contributed by atoms with Crippen LogP contribution in [0.15, 0.2) is 0 Å². The normalized spacial score (nSPS) is 33.6. The Hall–Kier alpha value is 0.310. The van der Waals surface area contributed by atoms with Crippen molar-refractivity contribution >= 4 is 11.8 Å². The number of hydrogen-bond acceptors (Lipinski definition) is 2. The van der Waals surface area contributed by atoms with Gasteiger partial charge < -0.3 is 4.74 Å². The highest BCUT2D eigenvalue weighted by molar-refractivity contribution is 7.98. The van der Waals surface area contributed by atoms with Crippen LogP contribution in [0.25, 0.3) is 0 Å². The maximum Gasteiger partial charge on any atom is 0.0922 e. The number of ether oxygens (including phenoxy) is 1. The molecule has 1 fully saturated rings. The van der Waals surface area contributed by atoms with E-state index in [2.05, 4.69) is 27.0 Å². The van der Waals surface area contributed by atoms with E-state index in [0.717, 1.165) is 23.7 Å². The van der Waals surface area contributed by atoms with Crippen molar-refractivity contribution in [1.82, 2.24) is 0 Å². The van der Waals surface area contributed by atoms with Gasteiger partial charge in [-0.3, -0.25) is 0 Å². The van der Waals surface area contributed by atoms with Gasteiger partial charge in [-0.2, -0.15) is 0 Å². The van der Waals surface area contributed by atoms with Crippen molar-refractivity contribution < 1.29 is 4.74 Å². The Morgan fingerprint density at radius 1 is 1.36 bits per heavy atom. The SMILES string of the molecule is CSCOC1CC(C)CC[C@H]1C(C)C. The average Bonchev–Trinajstić information content (AvgIpc) is 2.14. The van der Waals surface area contributed by atoms with E-state index in [1.807, 2.05) is 0 Å². The average molecular weight is 216 g/mol. The molecule has 1 saturated carbocycles. The van der Waals surface area contributed by atoms with Crippen molar-refractivity contribution in [3.63, 3.8) is 0 Å². The molecule has 2 unspecified atom stereocenters. The minimum absolute atomic E-state index is 0.520. The van der Waals surface area contributed by atoms with E-state index in [9.17, 15) is 0 Å². The van der Waals surface area contributed by atoms with E-state index < -0.39 is 0 Å². The van der Waals surface area contributed by atoms with Gasteiger partial charge in [-0.05, 0) is 36.9 Å². The Bertz CT molecular complexity index is 158. The van der Waals surface area contributed by atoms with Crippen LogP contribution in [0, 0.1) is 17.8 Å². The summed E-state index contributed by atoms with van der Waals surface area (Å²) in [5, 5.41) is 0. The first-order valence-electron chi connectivity index (χ1n) is 5.75. The Morgan fingerprint density at radius 3 is 2.64 bits per heavy atom. The molecule has 0 aromatic heterocycles. The van der Waals surface area contributed by atoms with Crippen molar-refractivity contribution in [2.24, 2.45) is 17.8 Å². The van der Waals surface area contributed by atoms with E-state index in [1.54, 1.807) is 11.8 Å². The molecule has 0 N–H and O–H groups in total. The van der Waals surface area contributed by atoms with Crippen molar-refractivity contribution in [2.75, 3.05) is 12.2 Å². The quantitative estimate of drug-likeness (QED) is 0.661. The first-order chi connectivity index (χ1) is 6.65. The van der Waals surface area contributed by atoms with Gasteiger partial charge in [0.15, 0.2) is 0 Å². The fourth-order valence-corrected chi connectivity index (χ4v) is 2.77. The molecular formula is C12H24OS. The van der Waals surface area contributed by atoms with Crippen LogP contribution < -0.4 is 0 Å². The molecule has 0 aromatic carbocycles. The van der Waals surface area contributed by atoms with Gasteiger partial charge in [-0.25, -0.2) is 0 Å². The van der Waals surface area contributed by atoms with Gasteiger partial charge in [0.25, 0.3) is 0 Å². The summed E-state index contributed by atoms with van der Waals surface area (Å²) in [7, 11) is 0. The topological polar surface area (TPSA) is 9.23 Å². The van der Waals surface area contributed by atoms with Gasteiger partial charge in [0, 0.05) is 0 Å². The molecule has 84 valence electrons. The lowest BCUT2D eigenvalue weighted by molar-refractivity contribution is -0.0169. The van der Waals surface area contributed by atoms with Crippen LogP contribution in [0.1, 0.15) is 40.0 Å². The van der Waals surface area contributed by atoms with E-state index in [-0.39, 0.29) is 0 Å². The van der Waals surface area contributed by atoms with Gasteiger partial charge in [-0.1, -0.05) is 27.2 Å². The van der Waals surface area contributed by atoms with Gasteiger partial charge in [0.2, 0.25) is 0 Å². The van der Waals surface area contributed by atoms with Crippen LogP contribution in [0.3, 0.4) is 0 Å². The molecule has 1 nitrogen and oxygen atoms in total. The third kappa shape index (κ3) is 3.47. The lowest BCUT2D eigenvalue weighted by atomic mass is 9.75. The molecule has 0 saturated heterocycles. The fourth-order valence-electron chi connectivity index (χ4n) is 2.46. The molecule has 0 bridgehead atoms. The van der Waals surface area contributed by atoms with Crippen LogP contribution in [-0.2, 0) is 4.74 Å². The second-order valence-corrected chi connectivity index (χ2v) is 5.75. The standard InChI is InChI=1S/C12H24OS/c1-9(2)11-6-5-10(3)7-12(11)13-8-14-4/h9-12H,5-8H2,1-4H3/t10?,11-,12?/m0/s1. The van der Waals surface area contributed by atoms with Crippen molar-refractivity contribution in [3.05, 3.63) is 0 Å². The lowest BCUT2D eigenvalue weighted by Gasteiger charge is -2.37. The Kier molecular flexibility index (Phi) is 5.32. The minimum Gasteiger partial charge on any atom is -0.367 e. The van der Waals surface area contributed by atoms with Gasteiger partial charge in [0.1, 0.15) is 0 Å². The second kappa shape index (κ2) is 6.02. The van der Waals surface area contributed by atoms with Crippen LogP contribution >= 0.6 is 11.8 Å². The van der Waals surface area contributed by atoms with Crippen molar-refractivity contribution in [1.29, 1.82) is 0 Å². The predicted octanol–water partition coefficient (Wildman–Crippen LogP) is 3.78. The summed E-state index contributed by atoms with van der Waals surface area (Å²) in [4.78, 5) is 0. The number of rotatable bonds is 4. The fraction of sp³-hybridized carbons (Fsp3) is 1.00. The number of hydrogen-bond donors (Lipinski definition) is 0. The maximum absolute atomic E-state index is 5.94. The summed E-state index contributed by atoms with van der Waals surface area (Å²) in [5.74, 6) is 3.28. The molecule has 1 aliphatic rings. The zero-order chi connectivity index (χ0) is 10.6. The molecular weight excluding hydrogens is 192 g/mol. The van der Waals surface area contributed by atoms with Gasteiger partial charge in [0.05, 0.1) is 12.0 Å². The molecule has 1 aliphatic carbocycles. The Balaban J connectivity index is 2.45. The third-order valence-electron chi connectivity index (χ3n) is 3.36. The molecule has 14 heavy (non-hydrogen) atoms. The van der Waals surface area contributed by atoms with Crippen molar-refractivity contribution in [3.8, 4) is 0 Å². The van der Waals surface area contributed by atoms with E-state index in [1.165, 1.54) is 19.3 Å². The van der Waals surface area contributed by atoms with E-state index in [4.69, 9.17) is 4.74 Å². The zero-order valence-corrected chi connectivity index (χ0v) is 10.8. The molecule has 0 aromatic rings. The monoisotopic (exact) mass is 216 g/mol. The summed E-state index contributed by atoms with van der Waals surface area (Å²) in [5.41, 5.74) is 0. The van der Waals surface area contributed by atoms with Crippen LogP contribution in [0.5, 0.6) is 0 Å². The number of thioether (sulfide) groups is 1. The van der Waals surface area contributed by atoms with Crippen LogP contribution in [0.2, 0.25) is 0 Å². The van der Waals surface area contributed by atoms with Crippen LogP contribution in [-0.4, -0.2) is 18.3 Å².